The summed E-state index contributed by atoms with van der Waals surface area (Å²) in [4.78, 5) is 10.7. The van der Waals surface area contributed by atoms with E-state index in [1.54, 1.807) is 6.07 Å². The lowest BCUT2D eigenvalue weighted by molar-refractivity contribution is 0.102. The van der Waals surface area contributed by atoms with Gasteiger partial charge in [0.15, 0.2) is 0 Å². The Kier molecular flexibility index (Phi) is 3.47. The van der Waals surface area contributed by atoms with Gasteiger partial charge in [0.05, 0.1) is 6.10 Å². The van der Waals surface area contributed by atoms with Crippen LogP contribution >= 0.6 is 0 Å². The van der Waals surface area contributed by atoms with Crippen LogP contribution in [0.4, 0.5) is 11.6 Å². The summed E-state index contributed by atoms with van der Waals surface area (Å²) in [6.07, 6.45) is 1.46. The highest BCUT2D eigenvalue weighted by molar-refractivity contribution is 5.47. The molecule has 0 amide bonds. The minimum atomic E-state index is -0.287. The number of nitrogens with zero attached hydrogens (tertiary/aromatic N) is 3. The van der Waals surface area contributed by atoms with E-state index in [0.717, 1.165) is 31.0 Å². The molecule has 2 rings (SSSR count). The number of hydrogen-bond acceptors (Lipinski definition) is 5. The van der Waals surface area contributed by atoms with E-state index in [9.17, 15) is 5.11 Å². The molecule has 0 aliphatic carbocycles. The number of nitrogens with two attached hydrogens (primary N) is 1. The third kappa shape index (κ3) is 2.66. The highest BCUT2D eigenvalue weighted by Gasteiger charge is 2.25. The number of aliphatic hydroxyl groups excluding tert-OH is 1. The van der Waals surface area contributed by atoms with Crippen LogP contribution in [0, 0.1) is 5.92 Å². The molecule has 1 aromatic heterocycles. The van der Waals surface area contributed by atoms with Crippen LogP contribution in [0.25, 0.3) is 0 Å². The van der Waals surface area contributed by atoms with Crippen molar-refractivity contribution in [1.82, 2.24) is 9.97 Å². The number of aromatic nitrogens is 2. The first-order valence-corrected chi connectivity index (χ1v) is 6.16. The van der Waals surface area contributed by atoms with Crippen LogP contribution in [-0.2, 0) is 6.42 Å². The van der Waals surface area contributed by atoms with Crippen LogP contribution in [0.15, 0.2) is 6.07 Å². The molecule has 0 aromatic carbocycles. The van der Waals surface area contributed by atoms with Gasteiger partial charge in [0.1, 0.15) is 17.5 Å². The summed E-state index contributed by atoms with van der Waals surface area (Å²) >= 11 is 0. The molecule has 94 valence electrons. The number of nitrogen functional groups attached to an aromatic ring is 1. The van der Waals surface area contributed by atoms with Gasteiger partial charge in [-0.2, -0.15) is 0 Å². The molecule has 5 heteroatoms. The standard InChI is InChI=1S/C12H20N4O/c1-3-11-14-10(13)6-12(15-11)16-5-4-8(2)9(17)7-16/h6,8-9,17H,3-5,7H2,1-2H3,(H2,13,14,15). The lowest BCUT2D eigenvalue weighted by Crippen LogP contribution is -2.43. The van der Waals surface area contributed by atoms with Crippen LogP contribution < -0.4 is 10.6 Å². The summed E-state index contributed by atoms with van der Waals surface area (Å²) < 4.78 is 0. The quantitative estimate of drug-likeness (QED) is 0.795. The molecule has 17 heavy (non-hydrogen) atoms. The molecule has 0 spiro atoms. The molecule has 2 atom stereocenters. The maximum Gasteiger partial charge on any atom is 0.134 e. The van der Waals surface area contributed by atoms with Gasteiger partial charge in [-0.15, -0.1) is 0 Å². The third-order valence-corrected chi connectivity index (χ3v) is 3.34. The van der Waals surface area contributed by atoms with Crippen molar-refractivity contribution in [3.8, 4) is 0 Å². The smallest absolute Gasteiger partial charge is 0.134 e. The molecule has 2 unspecified atom stereocenters. The topological polar surface area (TPSA) is 75.3 Å². The second kappa shape index (κ2) is 4.87. The summed E-state index contributed by atoms with van der Waals surface area (Å²) in [5.41, 5.74) is 5.76. The van der Waals surface area contributed by atoms with E-state index in [-0.39, 0.29) is 6.10 Å². The lowest BCUT2D eigenvalue weighted by atomic mass is 9.96. The number of aliphatic hydroxyl groups is 1. The lowest BCUT2D eigenvalue weighted by Gasteiger charge is -2.35. The molecule has 1 saturated heterocycles. The molecule has 2 heterocycles. The number of piperidine rings is 1. The number of rotatable bonds is 2. The maximum absolute atomic E-state index is 9.89. The minimum Gasteiger partial charge on any atom is -0.391 e. The van der Waals surface area contributed by atoms with Gasteiger partial charge < -0.3 is 15.7 Å². The van der Waals surface area contributed by atoms with E-state index < -0.39 is 0 Å². The Labute approximate surface area is 102 Å². The van der Waals surface area contributed by atoms with Gasteiger partial charge >= 0.3 is 0 Å². The summed E-state index contributed by atoms with van der Waals surface area (Å²) in [5, 5.41) is 9.89. The van der Waals surface area contributed by atoms with Crippen LogP contribution in [0.1, 0.15) is 26.1 Å². The maximum atomic E-state index is 9.89. The Bertz CT molecular complexity index is 396. The van der Waals surface area contributed by atoms with E-state index in [1.165, 1.54) is 0 Å². The first-order valence-electron chi connectivity index (χ1n) is 6.16. The SMILES string of the molecule is CCc1nc(N)cc(N2CCC(C)C(O)C2)n1. The van der Waals surface area contributed by atoms with E-state index in [1.807, 2.05) is 6.92 Å². The molecule has 3 N–H and O–H groups in total. The Morgan fingerprint density at radius 1 is 1.53 bits per heavy atom. The third-order valence-electron chi connectivity index (χ3n) is 3.34. The second-order valence-electron chi connectivity index (χ2n) is 4.70. The number of hydrogen-bond donors (Lipinski definition) is 2. The first-order chi connectivity index (χ1) is 8.10. The van der Waals surface area contributed by atoms with Gasteiger partial charge in [-0.1, -0.05) is 13.8 Å². The average Bonchev–Trinajstić information content (AvgIpc) is 2.32. The van der Waals surface area contributed by atoms with Crippen molar-refractivity contribution in [3.63, 3.8) is 0 Å². The van der Waals surface area contributed by atoms with Gasteiger partial charge in [0.25, 0.3) is 0 Å². The van der Waals surface area contributed by atoms with Crippen molar-refractivity contribution in [2.24, 2.45) is 5.92 Å². The molecular formula is C12H20N4O. The van der Waals surface area contributed by atoms with E-state index in [2.05, 4.69) is 21.8 Å². The van der Waals surface area contributed by atoms with Crippen LogP contribution in [-0.4, -0.2) is 34.3 Å². The second-order valence-corrected chi connectivity index (χ2v) is 4.70. The fourth-order valence-electron chi connectivity index (χ4n) is 2.08. The molecule has 5 nitrogen and oxygen atoms in total. The van der Waals surface area contributed by atoms with Crippen LogP contribution in [0.2, 0.25) is 0 Å². The normalized spacial score (nSPS) is 25.0. The predicted molar refractivity (Wildman–Crippen MR) is 67.8 cm³/mol. The van der Waals surface area contributed by atoms with Gasteiger partial charge in [0.2, 0.25) is 0 Å². The fraction of sp³-hybridized carbons (Fsp3) is 0.667. The minimum absolute atomic E-state index is 0.287. The number of anilines is 2. The zero-order valence-corrected chi connectivity index (χ0v) is 10.4. The first kappa shape index (κ1) is 12.1. The van der Waals surface area contributed by atoms with Crippen molar-refractivity contribution in [1.29, 1.82) is 0 Å². The van der Waals surface area contributed by atoms with Gasteiger partial charge in [-0.3, -0.25) is 0 Å². The molecule has 1 aliphatic rings. The largest absolute Gasteiger partial charge is 0.391 e. The zero-order valence-electron chi connectivity index (χ0n) is 10.4. The molecular weight excluding hydrogens is 216 g/mol. The van der Waals surface area contributed by atoms with Crippen molar-refractivity contribution in [2.45, 2.75) is 32.8 Å². The summed E-state index contributed by atoms with van der Waals surface area (Å²) in [5.74, 6) is 2.45. The predicted octanol–water partition coefficient (Wildman–Crippen LogP) is 0.828. The van der Waals surface area contributed by atoms with Gasteiger partial charge in [-0.05, 0) is 12.3 Å². The van der Waals surface area contributed by atoms with Crippen molar-refractivity contribution >= 4 is 11.6 Å². The van der Waals surface area contributed by atoms with Crippen molar-refractivity contribution in [3.05, 3.63) is 11.9 Å². The number of β-amino-alcohol motifs (C(OH)–C–C–N with tert-alkyl or cyclic N) is 1. The van der Waals surface area contributed by atoms with E-state index in [0.29, 0.717) is 18.3 Å². The van der Waals surface area contributed by atoms with Gasteiger partial charge in [0, 0.05) is 25.6 Å². The fourth-order valence-corrected chi connectivity index (χ4v) is 2.08. The molecule has 0 saturated carbocycles. The highest BCUT2D eigenvalue weighted by Crippen LogP contribution is 2.22. The Hall–Kier alpha value is -1.36. The van der Waals surface area contributed by atoms with Crippen LogP contribution in [0.5, 0.6) is 0 Å². The van der Waals surface area contributed by atoms with Gasteiger partial charge in [-0.25, -0.2) is 9.97 Å². The summed E-state index contributed by atoms with van der Waals surface area (Å²) in [6.45, 7) is 5.62. The zero-order chi connectivity index (χ0) is 12.4. The van der Waals surface area contributed by atoms with E-state index in [4.69, 9.17) is 5.73 Å². The molecule has 1 aliphatic heterocycles. The Morgan fingerprint density at radius 2 is 2.29 bits per heavy atom. The number of aryl methyl sites for hydroxylation is 1. The Morgan fingerprint density at radius 3 is 2.94 bits per heavy atom. The molecule has 0 radical (unpaired) electrons. The summed E-state index contributed by atoms with van der Waals surface area (Å²) in [7, 11) is 0. The van der Waals surface area contributed by atoms with Crippen molar-refractivity contribution in [2.75, 3.05) is 23.7 Å². The Balaban J connectivity index is 2.19. The average molecular weight is 236 g/mol. The summed E-state index contributed by atoms with van der Waals surface area (Å²) in [6, 6.07) is 1.78. The molecule has 0 bridgehead atoms. The highest BCUT2D eigenvalue weighted by atomic mass is 16.3. The molecule has 1 aromatic rings. The monoisotopic (exact) mass is 236 g/mol. The van der Waals surface area contributed by atoms with Crippen LogP contribution in [0.3, 0.4) is 0 Å². The molecule has 1 fully saturated rings. The van der Waals surface area contributed by atoms with E-state index >= 15 is 0 Å². The van der Waals surface area contributed by atoms with Crippen molar-refractivity contribution < 1.29 is 5.11 Å².